The average molecular weight is 414 g/mol. The predicted octanol–water partition coefficient (Wildman–Crippen LogP) is 1.33. The van der Waals surface area contributed by atoms with E-state index < -0.39 is 47.1 Å². The van der Waals surface area contributed by atoms with Crippen LogP contribution in [0.5, 0.6) is 17.2 Å². The molecule has 1 fully saturated rings. The summed E-state index contributed by atoms with van der Waals surface area (Å²) in [5.41, 5.74) is -0.609. The average Bonchev–Trinajstić information content (AvgIpc) is 2.70. The van der Waals surface area contributed by atoms with E-state index in [1.54, 1.807) is 0 Å². The van der Waals surface area contributed by atoms with E-state index in [9.17, 15) is 35.1 Å². The minimum absolute atomic E-state index is 0.0303. The van der Waals surface area contributed by atoms with Crippen molar-refractivity contribution in [3.63, 3.8) is 0 Å². The van der Waals surface area contributed by atoms with Crippen molar-refractivity contribution in [2.75, 3.05) is 0 Å². The molecule has 5 N–H and O–H groups in total. The maximum Gasteiger partial charge on any atom is 0.197 e. The van der Waals surface area contributed by atoms with E-state index in [1.807, 2.05) is 0 Å². The van der Waals surface area contributed by atoms with E-state index in [0.717, 1.165) is 12.1 Å². The Morgan fingerprint density at radius 2 is 1.63 bits per heavy atom. The van der Waals surface area contributed by atoms with Gasteiger partial charge in [-0.2, -0.15) is 0 Å². The zero-order chi connectivity index (χ0) is 21.7. The highest BCUT2D eigenvalue weighted by Gasteiger charge is 2.44. The number of hydrogen-bond donors (Lipinski definition) is 5. The molecule has 30 heavy (non-hydrogen) atoms. The Labute approximate surface area is 169 Å². The second-order valence-corrected chi connectivity index (χ2v) is 7.09. The molecule has 1 aromatic heterocycles. The summed E-state index contributed by atoms with van der Waals surface area (Å²) in [4.78, 5) is 24.5. The van der Waals surface area contributed by atoms with Crippen LogP contribution in [0.15, 0.2) is 45.6 Å². The maximum absolute atomic E-state index is 12.7. The summed E-state index contributed by atoms with van der Waals surface area (Å²) >= 11 is 0. The zero-order valence-electron chi connectivity index (χ0n) is 15.6. The highest BCUT2D eigenvalue weighted by atomic mass is 16.5. The molecular formula is C21H18O9. The number of Topliss-reactive ketones (excluding diaryl/α,β-unsaturated/α-hetero) is 1. The minimum atomic E-state index is -1.78. The van der Waals surface area contributed by atoms with Gasteiger partial charge in [0.15, 0.2) is 11.2 Å². The molecule has 3 aromatic rings. The van der Waals surface area contributed by atoms with Crippen LogP contribution in [0.4, 0.5) is 0 Å². The predicted molar refractivity (Wildman–Crippen MR) is 103 cm³/mol. The number of benzene rings is 2. The number of carbonyl (C=O) groups excluding carboxylic acids is 1. The van der Waals surface area contributed by atoms with Gasteiger partial charge in [-0.3, -0.25) is 9.59 Å². The molecule has 0 amide bonds. The number of ketones is 1. The molecule has 0 radical (unpaired) electrons. The molecule has 1 aliphatic heterocycles. The van der Waals surface area contributed by atoms with Gasteiger partial charge in [0.25, 0.3) is 0 Å². The molecular weight excluding hydrogens is 396 g/mol. The fraction of sp³-hybridized carbons (Fsp3) is 0.238. The van der Waals surface area contributed by atoms with Gasteiger partial charge >= 0.3 is 0 Å². The first-order valence-corrected chi connectivity index (χ1v) is 9.06. The molecule has 0 spiro atoms. The number of ether oxygens (including phenoxy) is 1. The minimum Gasteiger partial charge on any atom is -0.508 e. The lowest BCUT2D eigenvalue weighted by atomic mass is 9.91. The number of hydrogen-bond acceptors (Lipinski definition) is 9. The van der Waals surface area contributed by atoms with Gasteiger partial charge in [-0.15, -0.1) is 0 Å². The van der Waals surface area contributed by atoms with Crippen molar-refractivity contribution < 1.29 is 39.5 Å². The number of aliphatic hydroxyl groups is 2. The van der Waals surface area contributed by atoms with Crippen LogP contribution in [0.1, 0.15) is 18.6 Å². The molecule has 4 rings (SSSR count). The van der Waals surface area contributed by atoms with Crippen molar-refractivity contribution >= 4 is 16.8 Å². The van der Waals surface area contributed by atoms with E-state index in [-0.39, 0.29) is 28.0 Å². The van der Waals surface area contributed by atoms with Crippen LogP contribution in [0.3, 0.4) is 0 Å². The summed E-state index contributed by atoms with van der Waals surface area (Å²) in [7, 11) is 0. The Hall–Kier alpha value is -3.40. The zero-order valence-corrected chi connectivity index (χ0v) is 15.6. The SMILES string of the molecule is C[C@@H]1O[C@@H](c2c(O)cc3oc(-c4ccc(O)cc4)cc(=O)c3c2O)[C@@H](O)[C@H](O)C1=O. The van der Waals surface area contributed by atoms with Crippen molar-refractivity contribution in [2.45, 2.75) is 31.3 Å². The summed E-state index contributed by atoms with van der Waals surface area (Å²) in [6.07, 6.45) is -6.09. The van der Waals surface area contributed by atoms with Crippen molar-refractivity contribution in [2.24, 2.45) is 0 Å². The quantitative estimate of drug-likeness (QED) is 0.417. The van der Waals surface area contributed by atoms with Crippen LogP contribution in [-0.4, -0.2) is 49.6 Å². The fourth-order valence-electron chi connectivity index (χ4n) is 3.53. The summed E-state index contributed by atoms with van der Waals surface area (Å²) in [5.74, 6) is -1.81. The first kappa shape index (κ1) is 19.9. The molecule has 0 bridgehead atoms. The summed E-state index contributed by atoms with van der Waals surface area (Å²) in [6, 6.07) is 8.09. The lowest BCUT2D eigenvalue weighted by Gasteiger charge is -2.35. The molecule has 0 aliphatic carbocycles. The van der Waals surface area contributed by atoms with Crippen LogP contribution >= 0.6 is 0 Å². The van der Waals surface area contributed by atoms with E-state index in [2.05, 4.69) is 0 Å². The van der Waals surface area contributed by atoms with Crippen molar-refractivity contribution in [3.8, 4) is 28.6 Å². The third kappa shape index (κ3) is 3.09. The Bertz CT molecular complexity index is 1200. The second-order valence-electron chi connectivity index (χ2n) is 7.09. The summed E-state index contributed by atoms with van der Waals surface area (Å²) in [5, 5.41) is 50.5. The molecule has 156 valence electrons. The number of aromatic hydroxyl groups is 3. The number of fused-ring (bicyclic) bond motifs is 1. The standard InChI is InChI=1S/C21H18O9/c1-8-17(25)19(27)20(28)21(29-8)16-12(24)7-14-15(18(16)26)11(23)6-13(30-14)9-2-4-10(22)5-3-9/h2-8,19-22,24,26-28H,1H3/t8-,19+,20-,21-/m0/s1. The third-order valence-corrected chi connectivity index (χ3v) is 5.12. The van der Waals surface area contributed by atoms with Gasteiger partial charge in [0.05, 0.1) is 5.56 Å². The molecule has 0 saturated carbocycles. The van der Waals surface area contributed by atoms with Crippen LogP contribution < -0.4 is 5.43 Å². The smallest absolute Gasteiger partial charge is 0.197 e. The van der Waals surface area contributed by atoms with Crippen molar-refractivity contribution in [1.29, 1.82) is 0 Å². The van der Waals surface area contributed by atoms with E-state index in [1.165, 1.54) is 31.2 Å². The highest BCUT2D eigenvalue weighted by molar-refractivity contribution is 5.90. The van der Waals surface area contributed by atoms with Crippen LogP contribution in [0.2, 0.25) is 0 Å². The molecule has 0 unspecified atom stereocenters. The van der Waals surface area contributed by atoms with Crippen LogP contribution in [0, 0.1) is 0 Å². The number of phenolic OH excluding ortho intramolecular Hbond substituents is 3. The van der Waals surface area contributed by atoms with Gasteiger partial charge in [0, 0.05) is 17.7 Å². The van der Waals surface area contributed by atoms with E-state index in [4.69, 9.17) is 9.15 Å². The molecule has 1 saturated heterocycles. The number of phenols is 3. The lowest BCUT2D eigenvalue weighted by Crippen LogP contribution is -2.50. The number of carbonyl (C=O) groups is 1. The van der Waals surface area contributed by atoms with Crippen LogP contribution in [-0.2, 0) is 9.53 Å². The van der Waals surface area contributed by atoms with E-state index in [0.29, 0.717) is 5.56 Å². The Balaban J connectivity index is 1.87. The second kappa shape index (κ2) is 7.13. The molecule has 4 atom stereocenters. The molecule has 1 aliphatic rings. The summed E-state index contributed by atoms with van der Waals surface area (Å²) < 4.78 is 11.0. The molecule has 2 aromatic carbocycles. The van der Waals surface area contributed by atoms with E-state index >= 15 is 0 Å². The molecule has 9 nitrogen and oxygen atoms in total. The lowest BCUT2D eigenvalue weighted by molar-refractivity contribution is -0.181. The summed E-state index contributed by atoms with van der Waals surface area (Å²) in [6.45, 7) is 1.36. The van der Waals surface area contributed by atoms with Gasteiger partial charge in [-0.05, 0) is 31.2 Å². The fourth-order valence-corrected chi connectivity index (χ4v) is 3.53. The Morgan fingerprint density at radius 1 is 0.967 bits per heavy atom. The maximum atomic E-state index is 12.7. The van der Waals surface area contributed by atoms with Crippen LogP contribution in [0.25, 0.3) is 22.3 Å². The van der Waals surface area contributed by atoms with Gasteiger partial charge in [-0.1, -0.05) is 0 Å². The first-order valence-electron chi connectivity index (χ1n) is 9.06. The van der Waals surface area contributed by atoms with Crippen molar-refractivity contribution in [3.05, 3.63) is 52.2 Å². The Morgan fingerprint density at radius 3 is 2.30 bits per heavy atom. The normalized spacial score (nSPS) is 24.3. The third-order valence-electron chi connectivity index (χ3n) is 5.12. The molecule has 2 heterocycles. The number of rotatable bonds is 2. The van der Waals surface area contributed by atoms with Crippen molar-refractivity contribution in [1.82, 2.24) is 0 Å². The number of aliphatic hydroxyl groups excluding tert-OH is 2. The topological polar surface area (TPSA) is 158 Å². The highest BCUT2D eigenvalue weighted by Crippen LogP contribution is 2.44. The van der Waals surface area contributed by atoms with Gasteiger partial charge in [0.2, 0.25) is 0 Å². The van der Waals surface area contributed by atoms with Gasteiger partial charge in [0.1, 0.15) is 58.4 Å². The largest absolute Gasteiger partial charge is 0.508 e. The van der Waals surface area contributed by atoms with Gasteiger partial charge in [-0.25, -0.2) is 0 Å². The monoisotopic (exact) mass is 414 g/mol. The molecule has 9 heteroatoms. The first-order chi connectivity index (χ1) is 14.2. The Kier molecular flexibility index (Phi) is 4.73. The van der Waals surface area contributed by atoms with Gasteiger partial charge < -0.3 is 34.7 Å².